The van der Waals surface area contributed by atoms with Gasteiger partial charge in [-0.1, -0.05) is 6.07 Å². The number of hydrogen-bond donors (Lipinski definition) is 0. The van der Waals surface area contributed by atoms with Gasteiger partial charge >= 0.3 is 5.97 Å². The number of anilines is 1. The highest BCUT2D eigenvalue weighted by Crippen LogP contribution is 2.34. The molecule has 0 unspecified atom stereocenters. The molecule has 1 aromatic rings. The predicted molar refractivity (Wildman–Crippen MR) is 88.2 cm³/mol. The maximum absolute atomic E-state index is 11.5. The fraction of sp³-hybridized carbons (Fsp3) is 0.389. The average Bonchev–Trinajstić information content (AvgIpc) is 3.08. The second-order valence-corrected chi connectivity index (χ2v) is 5.38. The Kier molecular flexibility index (Phi) is 5.81. The first kappa shape index (κ1) is 17.4. The van der Waals surface area contributed by atoms with Crippen molar-refractivity contribution in [2.75, 3.05) is 25.7 Å². The summed E-state index contributed by atoms with van der Waals surface area (Å²) in [5.74, 6) is 0.207. The summed E-state index contributed by atoms with van der Waals surface area (Å²) in [5, 5.41) is 18.4. The SMILES string of the molecule is COC(=O)Cc1ccc(N(CC#N)C2=C(C#N)CCC2)cc1OC. The van der Waals surface area contributed by atoms with Crippen molar-refractivity contribution in [3.63, 3.8) is 0 Å². The molecule has 0 aliphatic heterocycles. The van der Waals surface area contributed by atoms with Crippen LogP contribution in [-0.2, 0) is 16.0 Å². The molecule has 0 spiro atoms. The van der Waals surface area contributed by atoms with Crippen LogP contribution in [0.4, 0.5) is 5.69 Å². The molecule has 124 valence electrons. The highest BCUT2D eigenvalue weighted by Gasteiger charge is 2.22. The van der Waals surface area contributed by atoms with E-state index in [1.54, 1.807) is 12.1 Å². The molecule has 0 fully saturated rings. The molecule has 0 radical (unpaired) electrons. The monoisotopic (exact) mass is 325 g/mol. The molecule has 0 saturated carbocycles. The Bertz CT molecular complexity index is 741. The van der Waals surface area contributed by atoms with E-state index in [2.05, 4.69) is 16.9 Å². The molecular formula is C18H19N3O3. The second kappa shape index (κ2) is 8.03. The van der Waals surface area contributed by atoms with Crippen LogP contribution in [0.15, 0.2) is 29.5 Å². The summed E-state index contributed by atoms with van der Waals surface area (Å²) in [5.41, 5.74) is 3.10. The van der Waals surface area contributed by atoms with E-state index in [1.165, 1.54) is 14.2 Å². The molecular weight excluding hydrogens is 306 g/mol. The van der Waals surface area contributed by atoms with Gasteiger partial charge in [0.25, 0.3) is 0 Å². The molecule has 1 aromatic carbocycles. The number of nitriles is 2. The van der Waals surface area contributed by atoms with Crippen LogP contribution in [0.25, 0.3) is 0 Å². The van der Waals surface area contributed by atoms with E-state index in [0.717, 1.165) is 36.2 Å². The summed E-state index contributed by atoms with van der Waals surface area (Å²) in [7, 11) is 2.87. The van der Waals surface area contributed by atoms with Gasteiger partial charge in [0.15, 0.2) is 0 Å². The first-order valence-electron chi connectivity index (χ1n) is 7.65. The largest absolute Gasteiger partial charge is 0.496 e. The smallest absolute Gasteiger partial charge is 0.310 e. The third kappa shape index (κ3) is 3.67. The Hall–Kier alpha value is -2.99. The zero-order valence-electron chi connectivity index (χ0n) is 13.8. The molecule has 0 saturated heterocycles. The number of carbonyl (C=O) groups is 1. The summed E-state index contributed by atoms with van der Waals surface area (Å²) in [4.78, 5) is 13.3. The third-order valence-electron chi connectivity index (χ3n) is 4.02. The van der Waals surface area contributed by atoms with Crippen molar-refractivity contribution in [3.05, 3.63) is 35.0 Å². The summed E-state index contributed by atoms with van der Waals surface area (Å²) < 4.78 is 10.1. The van der Waals surface area contributed by atoms with Gasteiger partial charge in [0.05, 0.1) is 32.8 Å². The van der Waals surface area contributed by atoms with Crippen LogP contribution in [0, 0.1) is 22.7 Å². The van der Waals surface area contributed by atoms with E-state index in [1.807, 2.05) is 11.0 Å². The first-order chi connectivity index (χ1) is 11.6. The summed E-state index contributed by atoms with van der Waals surface area (Å²) in [6.07, 6.45) is 2.55. The van der Waals surface area contributed by atoms with E-state index in [4.69, 9.17) is 10.00 Å². The normalized spacial score (nSPS) is 13.2. The van der Waals surface area contributed by atoms with Crippen LogP contribution >= 0.6 is 0 Å². The van der Waals surface area contributed by atoms with Crippen LogP contribution in [-0.4, -0.2) is 26.7 Å². The fourth-order valence-corrected chi connectivity index (χ4v) is 2.83. The van der Waals surface area contributed by atoms with Gasteiger partial charge < -0.3 is 14.4 Å². The van der Waals surface area contributed by atoms with Gasteiger partial charge in [0.1, 0.15) is 12.3 Å². The molecule has 0 bridgehead atoms. The van der Waals surface area contributed by atoms with Crippen LogP contribution in [0.3, 0.4) is 0 Å². The highest BCUT2D eigenvalue weighted by molar-refractivity contribution is 5.74. The molecule has 6 nitrogen and oxygen atoms in total. The van der Waals surface area contributed by atoms with Crippen molar-refractivity contribution in [2.45, 2.75) is 25.7 Å². The zero-order chi connectivity index (χ0) is 17.5. The maximum atomic E-state index is 11.5. The predicted octanol–water partition coefficient (Wildman–Crippen LogP) is 2.70. The van der Waals surface area contributed by atoms with E-state index < -0.39 is 0 Å². The minimum atomic E-state index is -0.347. The van der Waals surface area contributed by atoms with Gasteiger partial charge in [0.2, 0.25) is 0 Å². The average molecular weight is 325 g/mol. The molecule has 24 heavy (non-hydrogen) atoms. The van der Waals surface area contributed by atoms with Crippen LogP contribution in [0.1, 0.15) is 24.8 Å². The minimum absolute atomic E-state index is 0.115. The number of carbonyl (C=O) groups excluding carboxylic acids is 1. The molecule has 0 heterocycles. The van der Waals surface area contributed by atoms with E-state index in [0.29, 0.717) is 11.3 Å². The molecule has 1 aliphatic rings. The molecule has 0 atom stereocenters. The lowest BCUT2D eigenvalue weighted by molar-refractivity contribution is -0.139. The lowest BCUT2D eigenvalue weighted by Gasteiger charge is -2.24. The van der Waals surface area contributed by atoms with Crippen LogP contribution < -0.4 is 9.64 Å². The maximum Gasteiger partial charge on any atom is 0.310 e. The Balaban J connectivity index is 2.40. The van der Waals surface area contributed by atoms with E-state index in [9.17, 15) is 10.1 Å². The van der Waals surface area contributed by atoms with Crippen molar-refractivity contribution >= 4 is 11.7 Å². The second-order valence-electron chi connectivity index (χ2n) is 5.38. The van der Waals surface area contributed by atoms with Crippen LogP contribution in [0.2, 0.25) is 0 Å². The molecule has 0 aromatic heterocycles. The van der Waals surface area contributed by atoms with Crippen LogP contribution in [0.5, 0.6) is 5.75 Å². The lowest BCUT2D eigenvalue weighted by atomic mass is 10.1. The van der Waals surface area contributed by atoms with Crippen molar-refractivity contribution in [2.24, 2.45) is 0 Å². The van der Waals surface area contributed by atoms with Gasteiger partial charge in [-0.25, -0.2) is 0 Å². The Morgan fingerprint density at radius 2 is 2.08 bits per heavy atom. The summed E-state index contributed by atoms with van der Waals surface area (Å²) in [6, 6.07) is 9.79. The Morgan fingerprint density at radius 3 is 2.71 bits per heavy atom. The molecule has 0 amide bonds. The lowest BCUT2D eigenvalue weighted by Crippen LogP contribution is -2.23. The molecule has 0 N–H and O–H groups in total. The number of methoxy groups -OCH3 is 2. The number of ether oxygens (including phenoxy) is 2. The first-order valence-corrected chi connectivity index (χ1v) is 7.65. The van der Waals surface area contributed by atoms with Gasteiger partial charge in [-0.3, -0.25) is 4.79 Å². The quantitative estimate of drug-likeness (QED) is 0.590. The highest BCUT2D eigenvalue weighted by atomic mass is 16.5. The number of benzene rings is 1. The van der Waals surface area contributed by atoms with Gasteiger partial charge in [-0.05, 0) is 25.3 Å². The number of allylic oxidation sites excluding steroid dienone is 2. The van der Waals surface area contributed by atoms with Crippen molar-refractivity contribution in [1.29, 1.82) is 10.5 Å². The Labute approximate surface area is 141 Å². The standard InChI is InChI=1S/C18H19N3O3/c1-23-17-11-15(7-6-13(17)10-18(22)24-2)21(9-8-19)16-5-3-4-14(16)12-20/h6-7,11H,3-5,9-10H2,1-2H3. The third-order valence-corrected chi connectivity index (χ3v) is 4.02. The van der Waals surface area contributed by atoms with E-state index in [-0.39, 0.29) is 18.9 Å². The summed E-state index contributed by atoms with van der Waals surface area (Å²) >= 11 is 0. The van der Waals surface area contributed by atoms with E-state index >= 15 is 0 Å². The fourth-order valence-electron chi connectivity index (χ4n) is 2.83. The zero-order valence-corrected chi connectivity index (χ0v) is 13.8. The topological polar surface area (TPSA) is 86.4 Å². The number of rotatable bonds is 6. The summed E-state index contributed by atoms with van der Waals surface area (Å²) in [6.45, 7) is 0.153. The van der Waals surface area contributed by atoms with Gasteiger partial charge in [-0.2, -0.15) is 10.5 Å². The van der Waals surface area contributed by atoms with Gasteiger partial charge in [-0.15, -0.1) is 0 Å². The van der Waals surface area contributed by atoms with Gasteiger partial charge in [0, 0.05) is 28.6 Å². The molecule has 6 heteroatoms. The molecule has 1 aliphatic carbocycles. The number of hydrogen-bond acceptors (Lipinski definition) is 6. The number of esters is 1. The molecule has 2 rings (SSSR count). The van der Waals surface area contributed by atoms with Crippen molar-refractivity contribution in [1.82, 2.24) is 0 Å². The Morgan fingerprint density at radius 1 is 1.29 bits per heavy atom. The number of nitrogens with zero attached hydrogens (tertiary/aromatic N) is 3. The van der Waals surface area contributed by atoms with Crippen molar-refractivity contribution in [3.8, 4) is 17.9 Å². The van der Waals surface area contributed by atoms with Crippen molar-refractivity contribution < 1.29 is 14.3 Å². The minimum Gasteiger partial charge on any atom is -0.496 e.